The first kappa shape index (κ1) is 37.0. The quantitative estimate of drug-likeness (QED) is 0.0675. The number of aromatic nitrogens is 1. The van der Waals surface area contributed by atoms with Gasteiger partial charge in [-0.3, -0.25) is 0 Å². The fourth-order valence-corrected chi connectivity index (χ4v) is 9.96. The van der Waals surface area contributed by atoms with Gasteiger partial charge >= 0.3 is 0 Å². The Bertz CT molecular complexity index is 2970. The average Bonchev–Trinajstić information content (AvgIpc) is 3.85. The molecule has 2 unspecified atom stereocenters. The maximum atomic E-state index is 5.54. The topological polar surface area (TPSA) is 43.8 Å². The highest BCUT2D eigenvalue weighted by Crippen LogP contribution is 2.63. The lowest BCUT2D eigenvalue weighted by molar-refractivity contribution is 0.371. The molecule has 0 fully saturated rings. The van der Waals surface area contributed by atoms with Crippen LogP contribution in [-0.2, 0) is 12.8 Å². The molecule has 1 N–H and O–H groups in total. The zero-order valence-corrected chi connectivity index (χ0v) is 33.9. The second-order valence-electron chi connectivity index (χ2n) is 15.9. The molecule has 7 aromatic rings. The molecule has 1 aliphatic heterocycles. The Balaban J connectivity index is 1.21. The summed E-state index contributed by atoms with van der Waals surface area (Å²) in [6, 6.07) is 54.3. The Morgan fingerprint density at radius 3 is 2.25 bits per heavy atom. The van der Waals surface area contributed by atoms with Gasteiger partial charge in [-0.05, 0) is 101 Å². The third kappa shape index (κ3) is 6.15. The Morgan fingerprint density at radius 2 is 1.48 bits per heavy atom. The van der Waals surface area contributed by atoms with Crippen LogP contribution in [0, 0.1) is 6.92 Å². The van der Waals surface area contributed by atoms with Crippen molar-refractivity contribution in [3.05, 3.63) is 244 Å². The van der Waals surface area contributed by atoms with Crippen LogP contribution in [0.5, 0.6) is 0 Å². The molecule has 6 aromatic carbocycles. The van der Waals surface area contributed by atoms with Gasteiger partial charge in [0, 0.05) is 56.9 Å². The smallest absolute Gasteiger partial charge is 0.159 e. The van der Waals surface area contributed by atoms with Crippen LogP contribution >= 0.6 is 0 Å². The van der Waals surface area contributed by atoms with Crippen LogP contribution in [0.25, 0.3) is 39.1 Å². The third-order valence-electron chi connectivity index (χ3n) is 12.6. The van der Waals surface area contributed by atoms with Gasteiger partial charge in [0.15, 0.2) is 5.84 Å². The van der Waals surface area contributed by atoms with Crippen LogP contribution in [0.4, 0.5) is 0 Å². The monoisotopic (exact) mass is 774 g/mol. The Labute approximate surface area is 352 Å². The number of H-pyrrole nitrogens is 1. The molecule has 0 spiro atoms. The summed E-state index contributed by atoms with van der Waals surface area (Å²) in [5, 5.41) is 1.18. The van der Waals surface area contributed by atoms with Crippen LogP contribution in [0.1, 0.15) is 68.5 Å². The Hall–Kier alpha value is -7.30. The largest absolute Gasteiger partial charge is 0.354 e. The lowest BCUT2D eigenvalue weighted by Gasteiger charge is -2.37. The third-order valence-corrected chi connectivity index (χ3v) is 12.6. The van der Waals surface area contributed by atoms with Crippen molar-refractivity contribution < 1.29 is 0 Å². The summed E-state index contributed by atoms with van der Waals surface area (Å²) in [7, 11) is 0. The van der Waals surface area contributed by atoms with E-state index < -0.39 is 0 Å². The molecule has 0 saturated carbocycles. The van der Waals surface area contributed by atoms with Gasteiger partial charge in [0.05, 0.1) is 17.4 Å². The normalized spacial score (nSPS) is 17.2. The van der Waals surface area contributed by atoms with Crippen LogP contribution in [0.3, 0.4) is 0 Å². The van der Waals surface area contributed by atoms with Crippen LogP contribution < -0.4 is 0 Å². The number of nitrogens with one attached hydrogen (secondary N) is 1. The van der Waals surface area contributed by atoms with E-state index in [4.69, 9.17) is 9.98 Å². The molecule has 0 bridgehead atoms. The van der Waals surface area contributed by atoms with Gasteiger partial charge in [0.25, 0.3) is 0 Å². The van der Waals surface area contributed by atoms with Crippen molar-refractivity contribution in [1.29, 1.82) is 0 Å². The Morgan fingerprint density at radius 1 is 0.767 bits per heavy atom. The standard InChI is InChI=1S/C56H46N4/c1-5-19-41(6-2)60-54-43-27-16-14-25-39(43)30-32-46(54)51-50-48-35-40(31-33-49(48)58-53(50)44-28-17-18-29-45(44)55(51)60)56(57-4)59-52(42-26-15-13-20-36(42)3)47(38-23-11-8-12-24-38)34-37-21-9-7-10-22-37/h5-29,31,33,35,51,55,58H,1-2,4,30,32,34H2,3H3/b41-19+,52-47+,59-56?. The predicted octanol–water partition coefficient (Wildman–Crippen LogP) is 13.5. The minimum Gasteiger partial charge on any atom is -0.354 e. The number of benzene rings is 6. The molecule has 2 aliphatic carbocycles. The lowest BCUT2D eigenvalue weighted by Crippen LogP contribution is -2.27. The summed E-state index contributed by atoms with van der Waals surface area (Å²) in [5.74, 6) is 0.687. The molecule has 0 saturated heterocycles. The minimum absolute atomic E-state index is 0.0318. The number of fused-ring (bicyclic) bond motifs is 11. The van der Waals surface area contributed by atoms with Crippen molar-refractivity contribution in [3.63, 3.8) is 0 Å². The van der Waals surface area contributed by atoms with Gasteiger partial charge in [-0.15, -0.1) is 0 Å². The van der Waals surface area contributed by atoms with Crippen molar-refractivity contribution in [3.8, 4) is 11.3 Å². The zero-order chi connectivity index (χ0) is 40.7. The van der Waals surface area contributed by atoms with Crippen molar-refractivity contribution in [2.75, 3.05) is 0 Å². The fraction of sp³-hybridized carbons (Fsp3) is 0.107. The molecular weight excluding hydrogens is 729 g/mol. The maximum Gasteiger partial charge on any atom is 0.159 e. The molecule has 0 radical (unpaired) electrons. The van der Waals surface area contributed by atoms with Gasteiger partial charge in [0.2, 0.25) is 0 Å². The molecule has 4 heteroatoms. The molecule has 0 amide bonds. The maximum absolute atomic E-state index is 5.54. The number of amidine groups is 1. The molecule has 60 heavy (non-hydrogen) atoms. The van der Waals surface area contributed by atoms with E-state index in [1.165, 1.54) is 55.7 Å². The Kier molecular flexibility index (Phi) is 9.54. The second-order valence-corrected chi connectivity index (χ2v) is 15.9. The van der Waals surface area contributed by atoms with E-state index in [9.17, 15) is 0 Å². The van der Waals surface area contributed by atoms with Crippen LogP contribution in [-0.4, -0.2) is 22.4 Å². The summed E-state index contributed by atoms with van der Waals surface area (Å²) in [4.78, 5) is 16.7. The van der Waals surface area contributed by atoms with E-state index in [0.29, 0.717) is 12.3 Å². The summed E-state index contributed by atoms with van der Waals surface area (Å²) in [6.45, 7) is 14.7. The highest BCUT2D eigenvalue weighted by atomic mass is 15.2. The highest BCUT2D eigenvalue weighted by Gasteiger charge is 2.49. The molecule has 2 heterocycles. The number of aromatic amines is 1. The predicted molar refractivity (Wildman–Crippen MR) is 252 cm³/mol. The molecule has 3 aliphatic rings. The van der Waals surface area contributed by atoms with E-state index in [0.717, 1.165) is 57.6 Å². The number of hydrogen-bond donors (Lipinski definition) is 1. The van der Waals surface area contributed by atoms with Crippen molar-refractivity contribution >= 4 is 40.4 Å². The summed E-state index contributed by atoms with van der Waals surface area (Å²) in [6.07, 6.45) is 8.65. The van der Waals surface area contributed by atoms with Gasteiger partial charge in [-0.2, -0.15) is 0 Å². The summed E-state index contributed by atoms with van der Waals surface area (Å²) < 4.78 is 0. The van der Waals surface area contributed by atoms with Gasteiger partial charge < -0.3 is 9.88 Å². The molecular formula is C56H46N4. The number of rotatable bonds is 9. The number of nitrogens with zero attached hydrogens (tertiary/aromatic N) is 3. The molecule has 290 valence electrons. The van der Waals surface area contributed by atoms with E-state index in [1.807, 2.05) is 12.2 Å². The van der Waals surface area contributed by atoms with E-state index in [-0.39, 0.29) is 12.0 Å². The van der Waals surface area contributed by atoms with Crippen LogP contribution in [0.2, 0.25) is 0 Å². The highest BCUT2D eigenvalue weighted by molar-refractivity contribution is 6.09. The summed E-state index contributed by atoms with van der Waals surface area (Å²) in [5.41, 5.74) is 20.1. The average molecular weight is 775 g/mol. The minimum atomic E-state index is 0.0318. The van der Waals surface area contributed by atoms with E-state index in [1.54, 1.807) is 0 Å². The number of aryl methyl sites for hydroxylation is 2. The van der Waals surface area contributed by atoms with Crippen molar-refractivity contribution in [2.24, 2.45) is 9.98 Å². The lowest BCUT2D eigenvalue weighted by atomic mass is 9.73. The first-order valence-corrected chi connectivity index (χ1v) is 20.8. The van der Waals surface area contributed by atoms with Crippen molar-refractivity contribution in [2.45, 2.75) is 38.1 Å². The van der Waals surface area contributed by atoms with Gasteiger partial charge in [-0.1, -0.05) is 153 Å². The van der Waals surface area contributed by atoms with Crippen molar-refractivity contribution in [1.82, 2.24) is 9.88 Å². The molecule has 10 rings (SSSR count). The first-order valence-electron chi connectivity index (χ1n) is 20.8. The van der Waals surface area contributed by atoms with E-state index in [2.05, 4.69) is 194 Å². The number of aliphatic imine (C=N–C) groups is 2. The molecule has 4 nitrogen and oxygen atoms in total. The SMILES string of the molecule is C=C/C=C(\C=C)N1C2=C(CCc3ccccc32)C2c3c([nH]c4ccc(C(N=C)=N/C(=C(\Cc5ccccc5)c5ccccc5)c5ccccc5C)cc34)-c3ccccc3C21. The number of hydrogen-bond acceptors (Lipinski definition) is 2. The fourth-order valence-electron chi connectivity index (χ4n) is 9.96. The van der Waals surface area contributed by atoms with Crippen LogP contribution in [0.15, 0.2) is 204 Å². The second kappa shape index (κ2) is 15.5. The van der Waals surface area contributed by atoms with E-state index >= 15 is 0 Å². The van der Waals surface area contributed by atoms with Gasteiger partial charge in [-0.25, -0.2) is 9.98 Å². The summed E-state index contributed by atoms with van der Waals surface area (Å²) >= 11 is 0. The zero-order valence-electron chi connectivity index (χ0n) is 33.9. The molecule has 1 aromatic heterocycles. The van der Waals surface area contributed by atoms with Gasteiger partial charge in [0.1, 0.15) is 0 Å². The first-order chi connectivity index (χ1) is 29.6. The number of allylic oxidation sites excluding steroid dienone is 4. The molecule has 2 atom stereocenters.